The van der Waals surface area contributed by atoms with Crippen LogP contribution < -0.4 is 5.32 Å². The van der Waals surface area contributed by atoms with Crippen LogP contribution >= 0.6 is 11.3 Å². The fraction of sp³-hybridized carbons (Fsp3) is 0.250. The smallest absolute Gasteiger partial charge is 0.340 e. The number of H-pyrrole nitrogens is 1. The average Bonchev–Trinajstić information content (AvgIpc) is 3.16. The Morgan fingerprint density at radius 1 is 1.41 bits per heavy atom. The molecule has 0 atom stereocenters. The number of aromatic nitrogens is 2. The molecule has 3 heterocycles. The van der Waals surface area contributed by atoms with Crippen LogP contribution in [0, 0.1) is 0 Å². The first kappa shape index (κ1) is 13.5. The molecule has 1 aliphatic heterocycles. The predicted octanol–water partition coefficient (Wildman–Crippen LogP) is 2.72. The van der Waals surface area contributed by atoms with E-state index in [0.29, 0.717) is 11.1 Å². The highest BCUT2D eigenvalue weighted by Gasteiger charge is 2.18. The second-order valence-corrected chi connectivity index (χ2v) is 6.40. The van der Waals surface area contributed by atoms with Gasteiger partial charge in [0.15, 0.2) is 0 Å². The first-order valence-electron chi connectivity index (χ1n) is 7.16. The number of nitrogens with zero attached hydrogens (tertiary/aromatic N) is 1. The summed E-state index contributed by atoms with van der Waals surface area (Å²) < 4.78 is 4.83. The number of imidazole rings is 1. The molecule has 0 fully saturated rings. The Morgan fingerprint density at radius 2 is 2.32 bits per heavy atom. The van der Waals surface area contributed by atoms with Crippen LogP contribution in [0.1, 0.15) is 20.8 Å². The van der Waals surface area contributed by atoms with Crippen molar-refractivity contribution in [2.24, 2.45) is 0 Å². The quantitative estimate of drug-likeness (QED) is 0.714. The normalized spacial score (nSPS) is 14.0. The minimum atomic E-state index is -0.363. The van der Waals surface area contributed by atoms with Gasteiger partial charge >= 0.3 is 5.97 Å². The van der Waals surface area contributed by atoms with Crippen LogP contribution in [0.2, 0.25) is 0 Å². The largest absolute Gasteiger partial charge is 0.465 e. The summed E-state index contributed by atoms with van der Waals surface area (Å²) in [5.41, 5.74) is 3.35. The van der Waals surface area contributed by atoms with Gasteiger partial charge in [-0.05, 0) is 30.2 Å². The van der Waals surface area contributed by atoms with Crippen molar-refractivity contribution in [1.29, 1.82) is 0 Å². The van der Waals surface area contributed by atoms with Crippen LogP contribution in [0.3, 0.4) is 0 Å². The van der Waals surface area contributed by atoms with Crippen molar-refractivity contribution in [2.75, 3.05) is 13.7 Å². The Morgan fingerprint density at radius 3 is 3.14 bits per heavy atom. The number of benzene rings is 1. The highest BCUT2D eigenvalue weighted by molar-refractivity contribution is 7.15. The molecule has 1 aliphatic rings. The summed E-state index contributed by atoms with van der Waals surface area (Å²) in [5.74, 6) is 0.448. The van der Waals surface area contributed by atoms with Crippen LogP contribution in [-0.4, -0.2) is 29.6 Å². The number of para-hydroxylation sites is 1. The van der Waals surface area contributed by atoms with Crippen LogP contribution in [0.5, 0.6) is 0 Å². The number of thiophene rings is 1. The fourth-order valence-electron chi connectivity index (χ4n) is 2.79. The van der Waals surface area contributed by atoms with Gasteiger partial charge in [-0.3, -0.25) is 0 Å². The molecule has 0 saturated heterocycles. The van der Waals surface area contributed by atoms with Crippen molar-refractivity contribution in [2.45, 2.75) is 13.0 Å². The van der Waals surface area contributed by atoms with Crippen molar-refractivity contribution >= 4 is 28.3 Å². The van der Waals surface area contributed by atoms with E-state index in [0.717, 1.165) is 35.7 Å². The van der Waals surface area contributed by atoms with E-state index in [2.05, 4.69) is 21.4 Å². The van der Waals surface area contributed by atoms with Crippen molar-refractivity contribution in [1.82, 2.24) is 15.3 Å². The second-order valence-electron chi connectivity index (χ2n) is 5.26. The van der Waals surface area contributed by atoms with E-state index in [-0.39, 0.29) is 5.97 Å². The molecule has 0 bridgehead atoms. The second kappa shape index (κ2) is 5.23. The van der Waals surface area contributed by atoms with E-state index < -0.39 is 0 Å². The van der Waals surface area contributed by atoms with Gasteiger partial charge in [0, 0.05) is 18.0 Å². The molecular weight excluding hydrogens is 298 g/mol. The molecule has 0 radical (unpaired) electrons. The third-order valence-electron chi connectivity index (χ3n) is 3.89. The number of carbonyl (C=O) groups is 1. The number of methoxy groups -OCH3 is 1. The molecule has 4 rings (SSSR count). The highest BCUT2D eigenvalue weighted by Crippen LogP contribution is 2.33. The van der Waals surface area contributed by atoms with Crippen LogP contribution in [0.15, 0.2) is 24.3 Å². The predicted molar refractivity (Wildman–Crippen MR) is 86.2 cm³/mol. The molecule has 0 aliphatic carbocycles. The Labute approximate surface area is 131 Å². The lowest BCUT2D eigenvalue weighted by Gasteiger charge is -2.10. The summed E-state index contributed by atoms with van der Waals surface area (Å²) in [6.07, 6.45) is 1.06. The zero-order valence-corrected chi connectivity index (χ0v) is 12.9. The summed E-state index contributed by atoms with van der Waals surface area (Å²) in [4.78, 5) is 22.3. The molecule has 0 spiro atoms. The van der Waals surface area contributed by atoms with Crippen LogP contribution in [0.25, 0.3) is 21.7 Å². The summed E-state index contributed by atoms with van der Waals surface area (Å²) in [6, 6.07) is 7.68. The molecule has 1 aromatic carbocycles. The first-order chi connectivity index (χ1) is 10.8. The van der Waals surface area contributed by atoms with Crippen molar-refractivity contribution < 1.29 is 9.53 Å². The van der Waals surface area contributed by atoms with E-state index in [1.54, 1.807) is 17.4 Å². The third kappa shape index (κ3) is 2.12. The maximum atomic E-state index is 11.9. The molecular formula is C16H15N3O2S. The lowest BCUT2D eigenvalue weighted by Crippen LogP contribution is -2.21. The summed E-state index contributed by atoms with van der Waals surface area (Å²) in [6.45, 7) is 1.94. The van der Waals surface area contributed by atoms with Crippen molar-refractivity contribution in [3.63, 3.8) is 0 Å². The highest BCUT2D eigenvalue weighted by atomic mass is 32.1. The number of hydrogen-bond acceptors (Lipinski definition) is 5. The number of hydrogen-bond donors (Lipinski definition) is 2. The number of ether oxygens (including phenoxy) is 1. The summed E-state index contributed by atoms with van der Waals surface area (Å²) in [7, 11) is 1.38. The molecule has 112 valence electrons. The van der Waals surface area contributed by atoms with Gasteiger partial charge in [-0.25, -0.2) is 9.78 Å². The van der Waals surface area contributed by atoms with E-state index in [4.69, 9.17) is 4.74 Å². The van der Waals surface area contributed by atoms with Crippen molar-refractivity contribution in [3.8, 4) is 10.7 Å². The summed E-state index contributed by atoms with van der Waals surface area (Å²) >= 11 is 1.77. The Bertz CT molecular complexity index is 842. The van der Waals surface area contributed by atoms with E-state index >= 15 is 0 Å². The molecule has 22 heavy (non-hydrogen) atoms. The van der Waals surface area contributed by atoms with Gasteiger partial charge in [-0.2, -0.15) is 0 Å². The number of rotatable bonds is 2. The Balaban J connectivity index is 1.82. The van der Waals surface area contributed by atoms with E-state index in [9.17, 15) is 4.79 Å². The van der Waals surface area contributed by atoms with Gasteiger partial charge in [-0.15, -0.1) is 11.3 Å². The van der Waals surface area contributed by atoms with Gasteiger partial charge in [0.05, 0.1) is 23.1 Å². The molecule has 0 unspecified atom stereocenters. The molecule has 2 N–H and O–H groups in total. The van der Waals surface area contributed by atoms with Crippen molar-refractivity contribution in [3.05, 3.63) is 40.3 Å². The zero-order chi connectivity index (χ0) is 15.1. The minimum absolute atomic E-state index is 0.363. The Kier molecular flexibility index (Phi) is 3.20. The van der Waals surface area contributed by atoms with Gasteiger partial charge in [0.25, 0.3) is 0 Å². The molecule has 6 heteroatoms. The first-order valence-corrected chi connectivity index (χ1v) is 7.97. The number of aromatic amines is 1. The van der Waals surface area contributed by atoms with Crippen LogP contribution in [-0.2, 0) is 17.7 Å². The fourth-order valence-corrected chi connectivity index (χ4v) is 3.92. The molecule has 2 aromatic heterocycles. The lowest BCUT2D eigenvalue weighted by atomic mass is 10.1. The van der Waals surface area contributed by atoms with E-state index in [1.165, 1.54) is 17.6 Å². The number of fused-ring (bicyclic) bond motifs is 2. The molecule has 3 aromatic rings. The topological polar surface area (TPSA) is 67.0 Å². The molecule has 0 amide bonds. The van der Waals surface area contributed by atoms with E-state index in [1.807, 2.05) is 12.1 Å². The molecule has 5 nitrogen and oxygen atoms in total. The monoisotopic (exact) mass is 313 g/mol. The number of esters is 1. The SMILES string of the molecule is COC(=O)c1cccc2[nH]c(-c3cc4c(s3)CCNC4)nc12. The maximum Gasteiger partial charge on any atom is 0.340 e. The minimum Gasteiger partial charge on any atom is -0.465 e. The lowest BCUT2D eigenvalue weighted by molar-refractivity contribution is 0.0603. The maximum absolute atomic E-state index is 11.9. The van der Waals surface area contributed by atoms with Gasteiger partial charge in [0.1, 0.15) is 11.3 Å². The van der Waals surface area contributed by atoms with Gasteiger partial charge < -0.3 is 15.0 Å². The number of nitrogens with one attached hydrogen (secondary N) is 2. The standard InChI is InChI=1S/C16H15N3O2S/c1-21-16(20)10-3-2-4-11-14(10)19-15(18-11)13-7-9-8-17-6-5-12(9)22-13/h2-4,7,17H,5-6,8H2,1H3,(H,18,19). The third-order valence-corrected chi connectivity index (χ3v) is 5.14. The zero-order valence-electron chi connectivity index (χ0n) is 12.1. The Hall–Kier alpha value is -2.18. The summed E-state index contributed by atoms with van der Waals surface area (Å²) in [5, 5.41) is 3.38. The number of carbonyl (C=O) groups excluding carboxylic acids is 1. The molecule has 0 saturated carbocycles. The average molecular weight is 313 g/mol. The van der Waals surface area contributed by atoms with Gasteiger partial charge in [-0.1, -0.05) is 6.07 Å². The van der Waals surface area contributed by atoms with Crippen LogP contribution in [0.4, 0.5) is 0 Å². The van der Waals surface area contributed by atoms with Gasteiger partial charge in [0.2, 0.25) is 0 Å².